The summed E-state index contributed by atoms with van der Waals surface area (Å²) < 4.78 is 15.6. The summed E-state index contributed by atoms with van der Waals surface area (Å²) in [6.07, 6.45) is 7.10. The maximum atomic E-state index is 15.6. The summed E-state index contributed by atoms with van der Waals surface area (Å²) in [7, 11) is 0. The lowest BCUT2D eigenvalue weighted by Gasteiger charge is -2.57. The number of aliphatic hydroxyl groups excluding tert-OH is 1. The highest BCUT2D eigenvalue weighted by Gasteiger charge is 2.82. The highest BCUT2D eigenvalue weighted by molar-refractivity contribution is 5.82. The highest BCUT2D eigenvalue weighted by Crippen LogP contribution is 2.84. The van der Waals surface area contributed by atoms with Crippen molar-refractivity contribution in [3.63, 3.8) is 0 Å². The number of aliphatic hydroxyl groups is 1. The van der Waals surface area contributed by atoms with Gasteiger partial charge in [0.25, 0.3) is 0 Å². The minimum atomic E-state index is -1.38. The van der Waals surface area contributed by atoms with Crippen LogP contribution in [-0.4, -0.2) is 23.2 Å². The Morgan fingerprint density at radius 3 is 2.83 bits per heavy atom. The molecule has 4 unspecified atom stereocenters. The summed E-state index contributed by atoms with van der Waals surface area (Å²) in [4.78, 5) is 11.9. The molecule has 5 aliphatic rings. The van der Waals surface area contributed by atoms with Crippen molar-refractivity contribution >= 4 is 5.78 Å². The van der Waals surface area contributed by atoms with E-state index in [-0.39, 0.29) is 17.4 Å². The van der Waals surface area contributed by atoms with Crippen molar-refractivity contribution in [2.75, 3.05) is 6.61 Å². The molecule has 5 rings (SSSR count). The quantitative estimate of drug-likeness (QED) is 0.730. The van der Waals surface area contributed by atoms with Gasteiger partial charge in [-0.15, -0.1) is 0 Å². The van der Waals surface area contributed by atoms with Gasteiger partial charge in [-0.3, -0.25) is 4.79 Å². The van der Waals surface area contributed by atoms with Crippen molar-refractivity contribution in [3.8, 4) is 0 Å². The first-order chi connectivity index (χ1) is 11.4. The van der Waals surface area contributed by atoms with Gasteiger partial charge in [-0.25, -0.2) is 4.39 Å². The van der Waals surface area contributed by atoms with E-state index in [0.29, 0.717) is 48.7 Å². The predicted molar refractivity (Wildman–Crippen MR) is 90.1 cm³/mol. The molecule has 1 N–H and O–H groups in total. The molecule has 0 aromatic rings. The summed E-state index contributed by atoms with van der Waals surface area (Å²) in [5.41, 5.74) is 1.41. The average molecular weight is 332 g/mol. The minimum absolute atomic E-state index is 0.118. The number of hydrogen-bond donors (Lipinski definition) is 1. The van der Waals surface area contributed by atoms with Gasteiger partial charge in [0.05, 0.1) is 6.61 Å². The molecule has 0 aromatic heterocycles. The van der Waals surface area contributed by atoms with E-state index in [4.69, 9.17) is 0 Å². The fourth-order valence-corrected chi connectivity index (χ4v) is 8.12. The normalized spacial score (nSPS) is 55.6. The Labute approximate surface area is 143 Å². The second-order valence-corrected chi connectivity index (χ2v) is 9.80. The third-order valence-electron chi connectivity index (χ3n) is 9.14. The maximum absolute atomic E-state index is 15.6. The van der Waals surface area contributed by atoms with E-state index in [1.807, 2.05) is 0 Å². The largest absolute Gasteiger partial charge is 0.393 e. The van der Waals surface area contributed by atoms with Crippen molar-refractivity contribution in [1.29, 1.82) is 0 Å². The van der Waals surface area contributed by atoms with E-state index < -0.39 is 5.67 Å². The van der Waals surface area contributed by atoms with E-state index in [1.165, 1.54) is 12.0 Å². The van der Waals surface area contributed by atoms with Gasteiger partial charge in [-0.05, 0) is 67.6 Å². The van der Waals surface area contributed by atoms with Crippen molar-refractivity contribution in [1.82, 2.24) is 0 Å². The number of rotatable bonds is 1. The summed E-state index contributed by atoms with van der Waals surface area (Å²) in [6.45, 7) is 4.18. The van der Waals surface area contributed by atoms with E-state index in [2.05, 4.69) is 13.8 Å². The second kappa shape index (κ2) is 4.52. The molecule has 5 aliphatic carbocycles. The number of carbonyl (C=O) groups is 1. The Bertz CT molecular complexity index is 654. The molecule has 24 heavy (non-hydrogen) atoms. The van der Waals surface area contributed by atoms with Gasteiger partial charge < -0.3 is 5.11 Å². The summed E-state index contributed by atoms with van der Waals surface area (Å²) in [6, 6.07) is 0. The molecule has 2 nitrogen and oxygen atoms in total. The van der Waals surface area contributed by atoms with E-state index in [9.17, 15) is 9.90 Å². The maximum Gasteiger partial charge on any atom is 0.140 e. The molecule has 3 fully saturated rings. The Morgan fingerprint density at radius 2 is 2.08 bits per heavy atom. The van der Waals surface area contributed by atoms with Crippen LogP contribution in [0.1, 0.15) is 65.2 Å². The number of allylic oxidation sites excluding steroid dienone is 2. The van der Waals surface area contributed by atoms with Gasteiger partial charge in [-0.2, -0.15) is 0 Å². The molecular weight excluding hydrogens is 303 g/mol. The Hall–Kier alpha value is -0.700. The van der Waals surface area contributed by atoms with Crippen LogP contribution in [0.3, 0.4) is 0 Å². The summed E-state index contributed by atoms with van der Waals surface area (Å²) >= 11 is 0. The van der Waals surface area contributed by atoms with E-state index in [1.54, 1.807) is 5.57 Å². The van der Waals surface area contributed by atoms with Crippen LogP contribution < -0.4 is 0 Å². The lowest BCUT2D eigenvalue weighted by atomic mass is 9.47. The van der Waals surface area contributed by atoms with Gasteiger partial charge in [0, 0.05) is 18.3 Å². The van der Waals surface area contributed by atoms with Crippen LogP contribution in [-0.2, 0) is 4.79 Å². The Balaban J connectivity index is 1.58. The molecule has 0 heterocycles. The first kappa shape index (κ1) is 15.5. The van der Waals surface area contributed by atoms with Gasteiger partial charge in [-0.1, -0.05) is 25.0 Å². The lowest BCUT2D eigenvalue weighted by molar-refractivity contribution is -0.123. The van der Waals surface area contributed by atoms with Crippen LogP contribution in [0, 0.1) is 34.5 Å². The molecule has 132 valence electrons. The van der Waals surface area contributed by atoms with Gasteiger partial charge in [0.1, 0.15) is 11.5 Å². The van der Waals surface area contributed by atoms with Crippen molar-refractivity contribution in [3.05, 3.63) is 11.1 Å². The van der Waals surface area contributed by atoms with Crippen LogP contribution in [0.5, 0.6) is 0 Å². The second-order valence-electron chi connectivity index (χ2n) is 9.80. The third-order valence-corrected chi connectivity index (χ3v) is 9.14. The zero-order valence-corrected chi connectivity index (χ0v) is 14.9. The molecular formula is C21H29FO2. The third kappa shape index (κ3) is 1.55. The number of hydrogen-bond acceptors (Lipinski definition) is 2. The first-order valence-corrected chi connectivity index (χ1v) is 9.88. The Morgan fingerprint density at radius 1 is 1.29 bits per heavy atom. The molecule has 0 aromatic carbocycles. The fraction of sp³-hybridized carbons (Fsp3) is 0.857. The molecule has 0 aliphatic heterocycles. The highest BCUT2D eigenvalue weighted by atomic mass is 19.1. The van der Waals surface area contributed by atoms with E-state index >= 15 is 4.39 Å². The smallest absolute Gasteiger partial charge is 0.140 e. The fourth-order valence-electron chi connectivity index (χ4n) is 8.12. The monoisotopic (exact) mass is 332 g/mol. The number of halogens is 1. The van der Waals surface area contributed by atoms with Gasteiger partial charge in [0.2, 0.25) is 0 Å². The molecule has 1 spiro atoms. The van der Waals surface area contributed by atoms with Crippen molar-refractivity contribution in [2.45, 2.75) is 70.9 Å². The SMILES string of the molecule is CC1CC2=C(CCC(=O)C2)[C@H]2CC[C@]3(C)C(F)(CO)CC4CC43[C@H]12. The number of Topliss-reactive ketones (excluding diaryl/α,β-unsaturated/α-hetero) is 1. The molecule has 0 amide bonds. The topological polar surface area (TPSA) is 37.3 Å². The molecule has 0 radical (unpaired) electrons. The lowest BCUT2D eigenvalue weighted by Crippen LogP contribution is -2.55. The summed E-state index contributed by atoms with van der Waals surface area (Å²) in [5.74, 6) is 2.58. The standard InChI is InChI=1S/C21H29FO2/c1-12-7-13-8-15(24)3-4-16(13)17-5-6-19(2)20(22,11-23)9-14-10-21(14,19)18(12)17/h12,14,17-18,23H,3-11H2,1-2H3/t12?,14?,17-,18-,19-,20?,21?/m1/s1. The number of carbonyl (C=O) groups excluding carboxylic acids is 1. The molecule has 3 heteroatoms. The average Bonchev–Trinajstić information content (AvgIpc) is 3.19. The number of alkyl halides is 1. The van der Waals surface area contributed by atoms with Crippen LogP contribution >= 0.6 is 0 Å². The Kier molecular flexibility index (Phi) is 2.93. The van der Waals surface area contributed by atoms with Gasteiger partial charge >= 0.3 is 0 Å². The zero-order valence-electron chi connectivity index (χ0n) is 14.9. The van der Waals surface area contributed by atoms with Crippen molar-refractivity contribution < 1.29 is 14.3 Å². The van der Waals surface area contributed by atoms with E-state index in [0.717, 1.165) is 25.7 Å². The molecule has 3 saturated carbocycles. The first-order valence-electron chi connectivity index (χ1n) is 9.88. The van der Waals surface area contributed by atoms with Crippen LogP contribution in [0.2, 0.25) is 0 Å². The number of ketones is 1. The van der Waals surface area contributed by atoms with Crippen LogP contribution in [0.25, 0.3) is 0 Å². The zero-order chi connectivity index (χ0) is 16.9. The van der Waals surface area contributed by atoms with Crippen molar-refractivity contribution in [2.24, 2.45) is 34.5 Å². The summed E-state index contributed by atoms with van der Waals surface area (Å²) in [5, 5.41) is 9.82. The molecule has 0 saturated heterocycles. The predicted octanol–water partition coefficient (Wildman–Crippen LogP) is 4.22. The molecule has 0 bridgehead atoms. The van der Waals surface area contributed by atoms with Gasteiger partial charge in [0.15, 0.2) is 0 Å². The van der Waals surface area contributed by atoms with Crippen LogP contribution in [0.4, 0.5) is 4.39 Å². The van der Waals surface area contributed by atoms with Crippen LogP contribution in [0.15, 0.2) is 11.1 Å². The number of fused-ring (bicyclic) bond motifs is 2. The molecule has 7 atom stereocenters. The minimum Gasteiger partial charge on any atom is -0.393 e.